The number of carbonyl (C=O) groups excluding carboxylic acids is 2. The van der Waals surface area contributed by atoms with Gasteiger partial charge in [-0.25, -0.2) is 12.4 Å². The number of Topliss-reactive ketones (excluding diaryl/α,β-unsaturated/α-hetero) is 2. The Balaban J connectivity index is 1.31. The van der Waals surface area contributed by atoms with Gasteiger partial charge in [-0.3, -0.25) is 19.6 Å². The molecule has 0 unspecified atom stereocenters. The molecule has 266 valence electrons. The molecule has 0 amide bonds. The summed E-state index contributed by atoms with van der Waals surface area (Å²) in [6.07, 6.45) is 7.21. The molecule has 0 saturated heterocycles. The molecule has 10 nitrogen and oxygen atoms in total. The Morgan fingerprint density at radius 1 is 1.00 bits per heavy atom. The summed E-state index contributed by atoms with van der Waals surface area (Å²) in [6, 6.07) is 13.2. The van der Waals surface area contributed by atoms with Crippen molar-refractivity contribution in [3.05, 3.63) is 88.5 Å². The molecule has 0 radical (unpaired) electrons. The minimum atomic E-state index is -3.93. The topological polar surface area (TPSA) is 122 Å². The van der Waals surface area contributed by atoms with E-state index in [0.717, 1.165) is 27.2 Å². The first-order chi connectivity index (χ1) is 24.1. The van der Waals surface area contributed by atoms with Gasteiger partial charge >= 0.3 is 0 Å². The van der Waals surface area contributed by atoms with Crippen LogP contribution in [0.15, 0.2) is 76.6 Å². The number of carbonyl (C=O) groups is 2. The Labute approximate surface area is 307 Å². The Hall–Kier alpha value is -3.75. The van der Waals surface area contributed by atoms with Gasteiger partial charge in [0, 0.05) is 67.5 Å². The predicted molar refractivity (Wildman–Crippen MR) is 202 cm³/mol. The van der Waals surface area contributed by atoms with E-state index < -0.39 is 23.7 Å². The fraction of sp³-hybridized carbons (Fsp3) is 0.368. The second kappa shape index (κ2) is 13.0. The maximum atomic E-state index is 14.2. The highest BCUT2D eigenvalue weighted by Gasteiger charge is 2.56. The van der Waals surface area contributed by atoms with Crippen LogP contribution in [0.5, 0.6) is 0 Å². The van der Waals surface area contributed by atoms with Crippen LogP contribution in [-0.2, 0) is 31.0 Å². The average Bonchev–Trinajstić information content (AvgIpc) is 3.67. The second-order valence-corrected chi connectivity index (χ2v) is 23.3. The van der Waals surface area contributed by atoms with Crippen LogP contribution in [0.25, 0.3) is 33.4 Å². The summed E-state index contributed by atoms with van der Waals surface area (Å²) in [5.74, 6) is -0.769. The maximum absolute atomic E-state index is 14.2. The molecule has 3 aromatic heterocycles. The van der Waals surface area contributed by atoms with E-state index in [1.807, 2.05) is 36.7 Å². The minimum absolute atomic E-state index is 0.00207. The third-order valence-corrected chi connectivity index (χ3v) is 14.3. The number of hydrogen-bond acceptors (Lipinski definition) is 8. The van der Waals surface area contributed by atoms with E-state index >= 15 is 0 Å². The number of hydrogen-bond donors (Lipinski definition) is 0. The molecule has 5 aromatic rings. The van der Waals surface area contributed by atoms with E-state index in [9.17, 15) is 18.0 Å². The Morgan fingerprint density at radius 3 is 2.33 bits per heavy atom. The lowest BCUT2D eigenvalue weighted by atomic mass is 9.62. The third kappa shape index (κ3) is 6.26. The molecule has 0 spiro atoms. The number of halogens is 1. The van der Waals surface area contributed by atoms with Gasteiger partial charge in [-0.2, -0.15) is 0 Å². The molecule has 2 aliphatic carbocycles. The fourth-order valence-corrected chi connectivity index (χ4v) is 9.78. The first-order valence-electron chi connectivity index (χ1n) is 17.0. The van der Waals surface area contributed by atoms with Crippen LogP contribution in [0.4, 0.5) is 0 Å². The van der Waals surface area contributed by atoms with Crippen LogP contribution in [-0.4, -0.2) is 65.9 Å². The zero-order chi connectivity index (χ0) is 36.5. The van der Waals surface area contributed by atoms with E-state index in [2.05, 4.69) is 35.6 Å². The molecule has 7 rings (SSSR count). The second-order valence-electron chi connectivity index (χ2n) is 15.0. The zero-order valence-corrected chi connectivity index (χ0v) is 33.0. The minimum Gasteiger partial charge on any atom is -0.369 e. The van der Waals surface area contributed by atoms with Gasteiger partial charge in [0.1, 0.15) is 18.1 Å². The van der Waals surface area contributed by atoms with Crippen molar-refractivity contribution in [1.29, 1.82) is 0 Å². The van der Waals surface area contributed by atoms with Gasteiger partial charge in [0.25, 0.3) is 10.0 Å². The molecule has 0 N–H and O–H groups in total. The van der Waals surface area contributed by atoms with Gasteiger partial charge in [0.15, 0.2) is 0 Å². The molecular weight excluding hydrogens is 748 g/mol. The van der Waals surface area contributed by atoms with Gasteiger partial charge in [0.2, 0.25) is 5.78 Å². The number of methoxy groups -OCH3 is 1. The van der Waals surface area contributed by atoms with Crippen LogP contribution >= 0.6 is 15.9 Å². The molecule has 13 heteroatoms. The zero-order valence-electron chi connectivity index (χ0n) is 29.6. The van der Waals surface area contributed by atoms with Crippen LogP contribution in [0.3, 0.4) is 0 Å². The Kier molecular flexibility index (Phi) is 9.11. The summed E-state index contributed by atoms with van der Waals surface area (Å²) in [5, 5.41) is 0.700. The van der Waals surface area contributed by atoms with Gasteiger partial charge in [-0.1, -0.05) is 66.3 Å². The van der Waals surface area contributed by atoms with E-state index in [-0.39, 0.29) is 41.4 Å². The van der Waals surface area contributed by atoms with Crippen molar-refractivity contribution in [3.8, 4) is 22.5 Å². The summed E-state index contributed by atoms with van der Waals surface area (Å²) in [5.41, 5.74) is 3.88. The maximum Gasteiger partial charge on any atom is 0.268 e. The standard InChI is InChI=1S/C38H41BrN4O6SSi/c1-23-7-10-26(11-8-23)50(46,47)43-21-29(27-12-9-25(39)15-33(27)43)31-18-41-32(19-40-31)30-20-42(22-49-13-14-51(4,5)6)36-35(30)28-16-38(48-3,37(36)45)17-34(44)24(28)2/h7-12,15,18-21,24,28H,13-14,16-17,22H2,1-6H3/t24-,28+,38+/m1/s1. The van der Waals surface area contributed by atoms with E-state index in [4.69, 9.17) is 19.4 Å². The summed E-state index contributed by atoms with van der Waals surface area (Å²) < 4.78 is 43.6. The lowest BCUT2D eigenvalue weighted by Gasteiger charge is -2.45. The number of aryl methyl sites for hydroxylation is 1. The molecular formula is C38H41BrN4O6SSi. The summed E-state index contributed by atoms with van der Waals surface area (Å²) in [6.45, 7) is 11.5. The molecule has 2 aliphatic rings. The monoisotopic (exact) mass is 788 g/mol. The number of aromatic nitrogens is 4. The predicted octanol–water partition coefficient (Wildman–Crippen LogP) is 7.85. The number of ether oxygens (including phenoxy) is 2. The summed E-state index contributed by atoms with van der Waals surface area (Å²) >= 11 is 3.50. The fourth-order valence-electron chi connectivity index (χ4n) is 7.31. The Morgan fingerprint density at radius 2 is 1.69 bits per heavy atom. The first-order valence-corrected chi connectivity index (χ1v) is 23.0. The SMILES string of the molecule is CO[C@]12CC(=O)[C@H](C)[C@H](C1)c1c(-c3cnc(-c4cn(S(=O)(=O)c5ccc(C)cc5)c5cc(Br)ccc45)cn3)cn(COCC[Si](C)(C)C)c1C2=O. The lowest BCUT2D eigenvalue weighted by molar-refractivity contribution is -0.133. The highest BCUT2D eigenvalue weighted by molar-refractivity contribution is 9.10. The van der Waals surface area contributed by atoms with Gasteiger partial charge in [-0.05, 0) is 55.1 Å². The van der Waals surface area contributed by atoms with Crippen LogP contribution in [0.1, 0.15) is 47.3 Å². The largest absolute Gasteiger partial charge is 0.369 e. The molecule has 2 aromatic carbocycles. The van der Waals surface area contributed by atoms with Crippen molar-refractivity contribution in [3.63, 3.8) is 0 Å². The molecule has 3 heterocycles. The number of nitrogens with zero attached hydrogens (tertiary/aromatic N) is 4. The molecule has 1 fully saturated rings. The van der Waals surface area contributed by atoms with Gasteiger partial charge in [0.05, 0.1) is 39.9 Å². The van der Waals surface area contributed by atoms with Gasteiger partial charge < -0.3 is 14.0 Å². The molecule has 3 atom stereocenters. The highest BCUT2D eigenvalue weighted by atomic mass is 79.9. The van der Waals surface area contributed by atoms with Crippen molar-refractivity contribution >= 4 is 56.5 Å². The summed E-state index contributed by atoms with van der Waals surface area (Å²) in [7, 11) is -3.75. The van der Waals surface area contributed by atoms with E-state index in [1.165, 1.54) is 11.1 Å². The lowest BCUT2D eigenvalue weighted by Crippen LogP contribution is -2.53. The summed E-state index contributed by atoms with van der Waals surface area (Å²) in [4.78, 5) is 37.3. The molecule has 0 aliphatic heterocycles. The quantitative estimate of drug-likeness (QED) is 0.104. The Bertz CT molecular complexity index is 2290. The first kappa shape index (κ1) is 35.6. The van der Waals surface area contributed by atoms with Crippen LogP contribution < -0.4 is 0 Å². The number of rotatable bonds is 10. The van der Waals surface area contributed by atoms with E-state index in [0.29, 0.717) is 46.6 Å². The molecule has 1 saturated carbocycles. The third-order valence-electron chi connectivity index (χ3n) is 10.4. The number of benzene rings is 2. The number of fused-ring (bicyclic) bond motifs is 5. The van der Waals surface area contributed by atoms with Crippen molar-refractivity contribution in [2.24, 2.45) is 5.92 Å². The van der Waals surface area contributed by atoms with Crippen molar-refractivity contribution < 1.29 is 27.5 Å². The van der Waals surface area contributed by atoms with E-state index in [1.54, 1.807) is 48.9 Å². The van der Waals surface area contributed by atoms with Crippen molar-refractivity contribution in [1.82, 2.24) is 18.5 Å². The van der Waals surface area contributed by atoms with Crippen molar-refractivity contribution in [2.45, 2.75) is 75.5 Å². The molecule has 2 bridgehead atoms. The highest BCUT2D eigenvalue weighted by Crippen LogP contribution is 2.52. The van der Waals surface area contributed by atoms with Crippen molar-refractivity contribution in [2.75, 3.05) is 13.7 Å². The average molecular weight is 790 g/mol. The normalized spacial score (nSPS) is 20.6. The van der Waals surface area contributed by atoms with Crippen LogP contribution in [0.2, 0.25) is 25.7 Å². The molecule has 51 heavy (non-hydrogen) atoms. The van der Waals surface area contributed by atoms with Crippen LogP contribution in [0, 0.1) is 12.8 Å². The number of ketones is 2. The smallest absolute Gasteiger partial charge is 0.268 e. The van der Waals surface area contributed by atoms with Gasteiger partial charge in [-0.15, -0.1) is 0 Å².